The molecule has 0 aliphatic heterocycles. The van der Waals surface area contributed by atoms with Crippen molar-refractivity contribution in [2.75, 3.05) is 10.6 Å². The van der Waals surface area contributed by atoms with Crippen molar-refractivity contribution in [3.8, 4) is 0 Å². The number of hydrogen-bond acceptors (Lipinski definition) is 3. The first-order chi connectivity index (χ1) is 9.04. The van der Waals surface area contributed by atoms with Crippen LogP contribution >= 0.6 is 35.4 Å². The van der Waals surface area contributed by atoms with Crippen LogP contribution in [0.1, 0.15) is 5.56 Å². The Kier molecular flexibility index (Phi) is 4.52. The van der Waals surface area contributed by atoms with E-state index in [-0.39, 0.29) is 0 Å². The summed E-state index contributed by atoms with van der Waals surface area (Å²) in [7, 11) is 0. The second-order valence-corrected chi connectivity index (χ2v) is 5.01. The van der Waals surface area contributed by atoms with Gasteiger partial charge in [-0.3, -0.25) is 0 Å². The molecular formula is C12H10Cl2N4S. The lowest BCUT2D eigenvalue weighted by atomic mass is 10.2. The van der Waals surface area contributed by atoms with Crippen molar-refractivity contribution in [1.82, 2.24) is 10.2 Å². The van der Waals surface area contributed by atoms with Gasteiger partial charge in [0.15, 0.2) is 16.1 Å². The normalized spacial score (nSPS) is 10.1. The lowest BCUT2D eigenvalue weighted by molar-refractivity contribution is 1.04. The minimum atomic E-state index is 0.331. The molecule has 19 heavy (non-hydrogen) atoms. The zero-order chi connectivity index (χ0) is 13.8. The standard InChI is InChI=1S/C12H10Cl2N4S/c1-7-6-8(13)2-3-9(7)15-12(19)16-11-5-4-10(14)17-18-11/h2-6H,1H3,(H2,15,16,18,19). The minimum Gasteiger partial charge on any atom is -0.332 e. The third-order valence-electron chi connectivity index (χ3n) is 2.31. The number of rotatable bonds is 2. The molecule has 1 aromatic heterocycles. The van der Waals surface area contributed by atoms with Crippen LogP contribution in [0.4, 0.5) is 11.5 Å². The molecule has 1 aromatic carbocycles. The van der Waals surface area contributed by atoms with Gasteiger partial charge < -0.3 is 10.6 Å². The summed E-state index contributed by atoms with van der Waals surface area (Å²) in [5.74, 6) is 0.522. The van der Waals surface area contributed by atoms with Gasteiger partial charge in [-0.25, -0.2) is 0 Å². The summed E-state index contributed by atoms with van der Waals surface area (Å²) in [6, 6.07) is 8.83. The zero-order valence-corrected chi connectivity index (χ0v) is 12.3. The van der Waals surface area contributed by atoms with Crippen molar-refractivity contribution in [2.45, 2.75) is 6.92 Å². The summed E-state index contributed by atoms with van der Waals surface area (Å²) in [6.45, 7) is 1.94. The van der Waals surface area contributed by atoms with Gasteiger partial charge in [-0.05, 0) is 55.0 Å². The quantitative estimate of drug-likeness (QED) is 0.824. The molecule has 1 heterocycles. The topological polar surface area (TPSA) is 49.8 Å². The Bertz CT molecular complexity index is 601. The number of nitrogens with one attached hydrogen (secondary N) is 2. The van der Waals surface area contributed by atoms with Crippen molar-refractivity contribution >= 4 is 52.0 Å². The summed E-state index contributed by atoms with van der Waals surface area (Å²) in [6.07, 6.45) is 0. The Hall–Kier alpha value is -1.43. The third kappa shape index (κ3) is 4.02. The van der Waals surface area contributed by atoms with Crippen LogP contribution in [0.2, 0.25) is 10.2 Å². The molecule has 0 aliphatic carbocycles. The Morgan fingerprint density at radius 3 is 2.53 bits per heavy atom. The third-order valence-corrected chi connectivity index (χ3v) is 2.95. The van der Waals surface area contributed by atoms with E-state index in [0.29, 0.717) is 21.1 Å². The number of aryl methyl sites for hydroxylation is 1. The average Bonchev–Trinajstić information content (AvgIpc) is 2.36. The van der Waals surface area contributed by atoms with E-state index in [0.717, 1.165) is 11.3 Å². The second kappa shape index (κ2) is 6.14. The smallest absolute Gasteiger partial charge is 0.176 e. The highest BCUT2D eigenvalue weighted by Crippen LogP contribution is 2.19. The molecule has 0 saturated carbocycles. The minimum absolute atomic E-state index is 0.331. The molecule has 0 radical (unpaired) electrons. The molecule has 0 fully saturated rings. The Labute approximate surface area is 126 Å². The highest BCUT2D eigenvalue weighted by atomic mass is 35.5. The predicted molar refractivity (Wildman–Crippen MR) is 83.1 cm³/mol. The van der Waals surface area contributed by atoms with E-state index in [4.69, 9.17) is 35.4 Å². The van der Waals surface area contributed by atoms with E-state index in [9.17, 15) is 0 Å². The molecule has 0 atom stereocenters. The van der Waals surface area contributed by atoms with Crippen molar-refractivity contribution < 1.29 is 0 Å². The number of benzene rings is 1. The lowest BCUT2D eigenvalue weighted by Gasteiger charge is -2.11. The predicted octanol–water partition coefficient (Wildman–Crippen LogP) is 3.90. The van der Waals surface area contributed by atoms with Crippen LogP contribution in [-0.2, 0) is 0 Å². The molecule has 2 rings (SSSR count). The maximum Gasteiger partial charge on any atom is 0.176 e. The van der Waals surface area contributed by atoms with E-state index in [1.807, 2.05) is 19.1 Å². The van der Waals surface area contributed by atoms with Gasteiger partial charge >= 0.3 is 0 Å². The molecular weight excluding hydrogens is 303 g/mol. The number of thiocarbonyl (C=S) groups is 1. The first-order valence-electron chi connectivity index (χ1n) is 5.38. The SMILES string of the molecule is Cc1cc(Cl)ccc1NC(=S)Nc1ccc(Cl)nn1. The molecule has 0 saturated heterocycles. The Morgan fingerprint density at radius 2 is 1.89 bits per heavy atom. The monoisotopic (exact) mass is 312 g/mol. The van der Waals surface area contributed by atoms with Gasteiger partial charge in [-0.2, -0.15) is 0 Å². The van der Waals surface area contributed by atoms with Gasteiger partial charge in [-0.1, -0.05) is 23.2 Å². The van der Waals surface area contributed by atoms with E-state index in [1.165, 1.54) is 0 Å². The summed E-state index contributed by atoms with van der Waals surface area (Å²) < 4.78 is 0. The van der Waals surface area contributed by atoms with Crippen LogP contribution in [0.25, 0.3) is 0 Å². The summed E-state index contributed by atoms with van der Waals surface area (Å²) in [5.41, 5.74) is 1.88. The number of anilines is 2. The Balaban J connectivity index is 2.03. The number of hydrogen-bond donors (Lipinski definition) is 2. The second-order valence-electron chi connectivity index (χ2n) is 3.78. The van der Waals surface area contributed by atoms with E-state index in [1.54, 1.807) is 18.2 Å². The first-order valence-corrected chi connectivity index (χ1v) is 6.54. The van der Waals surface area contributed by atoms with Crippen LogP contribution in [0.5, 0.6) is 0 Å². The maximum absolute atomic E-state index is 5.89. The average molecular weight is 313 g/mol. The first kappa shape index (κ1) is 14.0. The van der Waals surface area contributed by atoms with Gasteiger partial charge in [0.1, 0.15) is 0 Å². The number of halogens is 2. The fraction of sp³-hybridized carbons (Fsp3) is 0.0833. The van der Waals surface area contributed by atoms with Crippen LogP contribution in [0.15, 0.2) is 30.3 Å². The maximum atomic E-state index is 5.89. The number of nitrogens with zero attached hydrogens (tertiary/aromatic N) is 2. The molecule has 2 aromatic rings. The summed E-state index contributed by atoms with van der Waals surface area (Å²) >= 11 is 16.7. The van der Waals surface area contributed by atoms with Crippen LogP contribution in [0, 0.1) is 6.92 Å². The van der Waals surface area contributed by atoms with Gasteiger partial charge in [0.05, 0.1) is 0 Å². The van der Waals surface area contributed by atoms with Crippen LogP contribution in [0.3, 0.4) is 0 Å². The van der Waals surface area contributed by atoms with Gasteiger partial charge in [0.2, 0.25) is 0 Å². The molecule has 0 aliphatic rings. The van der Waals surface area contributed by atoms with E-state index >= 15 is 0 Å². The molecule has 0 unspecified atom stereocenters. The Morgan fingerprint density at radius 1 is 1.11 bits per heavy atom. The number of aromatic nitrogens is 2. The van der Waals surface area contributed by atoms with Gasteiger partial charge in [-0.15, -0.1) is 10.2 Å². The summed E-state index contributed by atoms with van der Waals surface area (Å²) in [5, 5.41) is 15.0. The van der Waals surface area contributed by atoms with E-state index in [2.05, 4.69) is 20.8 Å². The summed E-state index contributed by atoms with van der Waals surface area (Å²) in [4.78, 5) is 0. The van der Waals surface area contributed by atoms with Crippen molar-refractivity contribution in [3.05, 3.63) is 46.1 Å². The van der Waals surface area contributed by atoms with Crippen molar-refractivity contribution in [3.63, 3.8) is 0 Å². The van der Waals surface area contributed by atoms with Gasteiger partial charge in [0, 0.05) is 10.7 Å². The molecule has 0 bridgehead atoms. The highest BCUT2D eigenvalue weighted by molar-refractivity contribution is 7.80. The molecule has 0 spiro atoms. The molecule has 4 nitrogen and oxygen atoms in total. The van der Waals surface area contributed by atoms with Crippen LogP contribution in [-0.4, -0.2) is 15.3 Å². The molecule has 98 valence electrons. The molecule has 2 N–H and O–H groups in total. The lowest BCUT2D eigenvalue weighted by Crippen LogP contribution is -2.20. The molecule has 0 amide bonds. The van der Waals surface area contributed by atoms with Crippen molar-refractivity contribution in [2.24, 2.45) is 0 Å². The fourth-order valence-corrected chi connectivity index (χ4v) is 1.96. The van der Waals surface area contributed by atoms with E-state index < -0.39 is 0 Å². The largest absolute Gasteiger partial charge is 0.332 e. The van der Waals surface area contributed by atoms with Crippen molar-refractivity contribution in [1.29, 1.82) is 0 Å². The highest BCUT2D eigenvalue weighted by Gasteiger charge is 2.03. The van der Waals surface area contributed by atoms with Crippen LogP contribution < -0.4 is 10.6 Å². The molecule has 7 heteroatoms. The zero-order valence-electron chi connectivity index (χ0n) is 9.95. The van der Waals surface area contributed by atoms with Gasteiger partial charge in [0.25, 0.3) is 0 Å². The fourth-order valence-electron chi connectivity index (χ4n) is 1.42.